The van der Waals surface area contributed by atoms with Gasteiger partial charge < -0.3 is 10.6 Å². The first-order chi connectivity index (χ1) is 12.4. The molecule has 0 spiro atoms. The molecule has 3 aromatic carbocycles. The molecule has 0 bridgehead atoms. The summed E-state index contributed by atoms with van der Waals surface area (Å²) in [6.07, 6.45) is -1.14. The Hall–Kier alpha value is -2.01. The first kappa shape index (κ1) is 18.8. The highest BCUT2D eigenvalue weighted by molar-refractivity contribution is 6.68. The van der Waals surface area contributed by atoms with Crippen molar-refractivity contribution in [1.82, 2.24) is 5.32 Å². The number of fused-ring (bicyclic) bond motifs is 1. The molecule has 0 radical (unpaired) electrons. The monoisotopic (exact) mass is 410 g/mol. The lowest BCUT2D eigenvalue weighted by atomic mass is 10.0. The Kier molecular flexibility index (Phi) is 5.56. The lowest BCUT2D eigenvalue weighted by Gasteiger charge is -2.27. The van der Waals surface area contributed by atoms with Crippen LogP contribution in [0.4, 0.5) is 10.1 Å². The number of para-hydroxylation sites is 1. The summed E-state index contributed by atoms with van der Waals surface area (Å²) in [4.78, 5) is 12.8. The SMILES string of the molecule is O=C(N[C@@H](Nc1ccccc1F)C(Cl)(Cl)Cl)c1cccc2ccccc12. The summed E-state index contributed by atoms with van der Waals surface area (Å²) >= 11 is 17.9. The van der Waals surface area contributed by atoms with Crippen LogP contribution in [0.25, 0.3) is 10.8 Å². The number of hydrogen-bond donors (Lipinski definition) is 2. The minimum atomic E-state index is -1.90. The highest BCUT2D eigenvalue weighted by atomic mass is 35.6. The van der Waals surface area contributed by atoms with Crippen LogP contribution in [0.15, 0.2) is 66.7 Å². The van der Waals surface area contributed by atoms with Crippen molar-refractivity contribution < 1.29 is 9.18 Å². The van der Waals surface area contributed by atoms with E-state index in [0.29, 0.717) is 5.56 Å². The molecule has 0 unspecified atom stereocenters. The molecule has 134 valence electrons. The molecule has 0 heterocycles. The Labute approximate surface area is 165 Å². The van der Waals surface area contributed by atoms with Crippen molar-refractivity contribution in [2.24, 2.45) is 0 Å². The van der Waals surface area contributed by atoms with Crippen LogP contribution in [0, 0.1) is 5.82 Å². The number of carbonyl (C=O) groups excluding carboxylic acids is 1. The molecular weight excluding hydrogens is 398 g/mol. The average Bonchev–Trinajstić information content (AvgIpc) is 2.61. The maximum absolute atomic E-state index is 13.9. The van der Waals surface area contributed by atoms with Crippen LogP contribution in [-0.4, -0.2) is 15.9 Å². The van der Waals surface area contributed by atoms with Crippen LogP contribution in [-0.2, 0) is 0 Å². The molecule has 0 saturated heterocycles. The molecule has 0 aliphatic rings. The number of alkyl halides is 3. The summed E-state index contributed by atoms with van der Waals surface area (Å²) < 4.78 is 12.0. The molecule has 1 amide bonds. The van der Waals surface area contributed by atoms with Crippen molar-refractivity contribution in [1.29, 1.82) is 0 Å². The maximum Gasteiger partial charge on any atom is 0.253 e. The third kappa shape index (κ3) is 4.21. The third-order valence-electron chi connectivity index (χ3n) is 3.81. The highest BCUT2D eigenvalue weighted by Crippen LogP contribution is 2.32. The second kappa shape index (κ2) is 7.70. The van der Waals surface area contributed by atoms with Gasteiger partial charge in [0.25, 0.3) is 5.91 Å². The molecule has 7 heteroatoms. The first-order valence-corrected chi connectivity index (χ1v) is 8.86. The first-order valence-electron chi connectivity index (χ1n) is 7.72. The normalized spacial score (nSPS) is 12.6. The van der Waals surface area contributed by atoms with Gasteiger partial charge in [0, 0.05) is 5.56 Å². The number of nitrogens with one attached hydrogen (secondary N) is 2. The fourth-order valence-electron chi connectivity index (χ4n) is 2.57. The van der Waals surface area contributed by atoms with E-state index in [9.17, 15) is 9.18 Å². The number of hydrogen-bond acceptors (Lipinski definition) is 2. The van der Waals surface area contributed by atoms with Crippen molar-refractivity contribution in [3.05, 3.63) is 78.1 Å². The maximum atomic E-state index is 13.9. The summed E-state index contributed by atoms with van der Waals surface area (Å²) in [5.74, 6) is -0.965. The number of carbonyl (C=O) groups is 1. The zero-order chi connectivity index (χ0) is 18.7. The highest BCUT2D eigenvalue weighted by Gasteiger charge is 2.35. The summed E-state index contributed by atoms with van der Waals surface area (Å²) in [6, 6.07) is 18.7. The average molecular weight is 412 g/mol. The van der Waals surface area contributed by atoms with Crippen LogP contribution in [0.5, 0.6) is 0 Å². The van der Waals surface area contributed by atoms with E-state index in [-0.39, 0.29) is 5.69 Å². The molecule has 0 aliphatic heterocycles. The number of rotatable bonds is 4. The van der Waals surface area contributed by atoms with Gasteiger partial charge in [0.15, 0.2) is 0 Å². The summed E-state index contributed by atoms with van der Waals surface area (Å²) in [5, 5.41) is 7.04. The molecule has 0 saturated carbocycles. The van der Waals surface area contributed by atoms with Crippen molar-refractivity contribution >= 4 is 57.2 Å². The second-order valence-corrected chi connectivity index (χ2v) is 7.97. The molecule has 0 aliphatic carbocycles. The van der Waals surface area contributed by atoms with Crippen LogP contribution < -0.4 is 10.6 Å². The van der Waals surface area contributed by atoms with E-state index in [0.717, 1.165) is 10.8 Å². The Balaban J connectivity index is 1.89. The van der Waals surface area contributed by atoms with Gasteiger partial charge in [-0.15, -0.1) is 0 Å². The summed E-state index contributed by atoms with van der Waals surface area (Å²) in [5.41, 5.74) is 0.541. The van der Waals surface area contributed by atoms with Gasteiger partial charge in [0.2, 0.25) is 3.79 Å². The topological polar surface area (TPSA) is 41.1 Å². The molecule has 2 N–H and O–H groups in total. The van der Waals surface area contributed by atoms with Gasteiger partial charge in [-0.3, -0.25) is 4.79 Å². The zero-order valence-electron chi connectivity index (χ0n) is 13.3. The predicted octanol–water partition coefficient (Wildman–Crippen LogP) is 5.52. The van der Waals surface area contributed by atoms with Gasteiger partial charge in [0.1, 0.15) is 12.0 Å². The fourth-order valence-corrected chi connectivity index (χ4v) is 2.89. The number of anilines is 1. The third-order valence-corrected chi connectivity index (χ3v) is 4.47. The second-order valence-electron chi connectivity index (χ2n) is 5.60. The van der Waals surface area contributed by atoms with Crippen LogP contribution >= 0.6 is 34.8 Å². The zero-order valence-corrected chi connectivity index (χ0v) is 15.6. The number of benzene rings is 3. The summed E-state index contributed by atoms with van der Waals surface area (Å²) in [7, 11) is 0. The van der Waals surface area contributed by atoms with Gasteiger partial charge >= 0.3 is 0 Å². The molecule has 26 heavy (non-hydrogen) atoms. The minimum Gasteiger partial charge on any atom is -0.359 e. The van der Waals surface area contributed by atoms with Crippen LogP contribution in [0.3, 0.4) is 0 Å². The minimum absolute atomic E-state index is 0.113. The Morgan fingerprint density at radius 3 is 2.31 bits per heavy atom. The van der Waals surface area contributed by atoms with Crippen molar-refractivity contribution in [2.45, 2.75) is 9.96 Å². The van der Waals surface area contributed by atoms with Crippen LogP contribution in [0.2, 0.25) is 0 Å². The number of halogens is 4. The smallest absolute Gasteiger partial charge is 0.253 e. The van der Waals surface area contributed by atoms with Crippen molar-refractivity contribution in [2.75, 3.05) is 5.32 Å². The van der Waals surface area contributed by atoms with Gasteiger partial charge in [-0.25, -0.2) is 4.39 Å². The van der Waals surface area contributed by atoms with Crippen LogP contribution in [0.1, 0.15) is 10.4 Å². The molecule has 3 nitrogen and oxygen atoms in total. The molecule has 0 fully saturated rings. The Morgan fingerprint density at radius 1 is 0.923 bits per heavy atom. The Bertz CT molecular complexity index is 938. The molecule has 0 aromatic heterocycles. The lowest BCUT2D eigenvalue weighted by Crippen LogP contribution is -2.49. The van der Waals surface area contributed by atoms with Gasteiger partial charge in [-0.2, -0.15) is 0 Å². The van der Waals surface area contributed by atoms with Gasteiger partial charge in [-0.05, 0) is 29.0 Å². The molecule has 3 rings (SSSR count). The lowest BCUT2D eigenvalue weighted by molar-refractivity contribution is 0.0943. The van der Waals surface area contributed by atoms with E-state index in [1.54, 1.807) is 24.3 Å². The van der Waals surface area contributed by atoms with Gasteiger partial charge in [-0.1, -0.05) is 83.3 Å². The van der Waals surface area contributed by atoms with E-state index in [1.807, 2.05) is 30.3 Å². The summed E-state index contributed by atoms with van der Waals surface area (Å²) in [6.45, 7) is 0. The largest absolute Gasteiger partial charge is 0.359 e. The van der Waals surface area contributed by atoms with Gasteiger partial charge in [0.05, 0.1) is 5.69 Å². The molecular formula is C19H14Cl3FN2O. The molecule has 1 atom stereocenters. The van der Waals surface area contributed by atoms with E-state index in [1.165, 1.54) is 12.1 Å². The fraction of sp³-hybridized carbons (Fsp3) is 0.105. The van der Waals surface area contributed by atoms with E-state index >= 15 is 0 Å². The van der Waals surface area contributed by atoms with Crippen molar-refractivity contribution in [3.8, 4) is 0 Å². The van der Waals surface area contributed by atoms with Crippen molar-refractivity contribution in [3.63, 3.8) is 0 Å². The number of amides is 1. The van der Waals surface area contributed by atoms with E-state index in [2.05, 4.69) is 10.6 Å². The predicted molar refractivity (Wildman–Crippen MR) is 106 cm³/mol. The molecule has 3 aromatic rings. The van der Waals surface area contributed by atoms with E-state index in [4.69, 9.17) is 34.8 Å². The Morgan fingerprint density at radius 2 is 1.58 bits per heavy atom. The standard InChI is InChI=1S/C19H14Cl3FN2O/c20-19(21,22)18(24-16-11-4-3-10-15(16)23)25-17(26)14-9-5-7-12-6-1-2-8-13(12)14/h1-11,18,24H,(H,25,26)/t18-/m1/s1. The van der Waals surface area contributed by atoms with E-state index < -0.39 is 21.7 Å². The quantitative estimate of drug-likeness (QED) is 0.438.